The molecule has 0 spiro atoms. The van der Waals surface area contributed by atoms with E-state index in [0.29, 0.717) is 30.8 Å². The average molecular weight is 944 g/mol. The van der Waals surface area contributed by atoms with Gasteiger partial charge in [0.2, 0.25) is 11.8 Å². The number of fused-ring (bicyclic) bond motifs is 6. The third-order valence-corrected chi connectivity index (χ3v) is 13.7. The molecular weight excluding hydrogens is 885 g/mol. The zero-order chi connectivity index (χ0) is 48.7. The van der Waals surface area contributed by atoms with Crippen LogP contribution in [-0.4, -0.2) is 107 Å². The first-order chi connectivity index (χ1) is 33.0. The number of aromatic amines is 1. The summed E-state index contributed by atoms with van der Waals surface area (Å²) in [5.74, 6) is -0.318. The zero-order valence-electron chi connectivity index (χ0n) is 39.7. The van der Waals surface area contributed by atoms with Gasteiger partial charge in [0.25, 0.3) is 0 Å². The largest absolute Gasteiger partial charge is 0.453 e. The molecule has 9 rings (SSSR count). The number of aromatic nitrogens is 2. The Kier molecular flexibility index (Phi) is 13.3. The summed E-state index contributed by atoms with van der Waals surface area (Å²) in [6.45, 7) is 6.59. The maximum Gasteiger partial charge on any atom is 0.408 e. The minimum absolute atomic E-state index is 0.0115. The fraction of sp³-hybridized carbons (Fsp3) is 0.434. The van der Waals surface area contributed by atoms with Crippen molar-refractivity contribution in [2.75, 3.05) is 26.8 Å². The number of hydrogen-bond acceptors (Lipinski definition) is 9. The van der Waals surface area contributed by atoms with Gasteiger partial charge in [-0.25, -0.2) is 14.6 Å². The van der Waals surface area contributed by atoms with Crippen molar-refractivity contribution in [1.82, 2.24) is 30.4 Å². The Morgan fingerprint density at radius 1 is 0.899 bits per heavy atom. The molecule has 4 aromatic carbocycles. The maximum atomic E-state index is 14.7. The highest BCUT2D eigenvalue weighted by Crippen LogP contribution is 2.43. The molecule has 5 aromatic rings. The second kappa shape index (κ2) is 19.4. The van der Waals surface area contributed by atoms with Crippen LogP contribution in [0.25, 0.3) is 39.0 Å². The first kappa shape index (κ1) is 47.4. The van der Waals surface area contributed by atoms with Gasteiger partial charge < -0.3 is 39.6 Å². The summed E-state index contributed by atoms with van der Waals surface area (Å²) in [4.78, 5) is 70.9. The molecule has 4 aliphatic rings. The van der Waals surface area contributed by atoms with E-state index in [1.54, 1.807) is 49.9 Å². The van der Waals surface area contributed by atoms with Crippen molar-refractivity contribution >= 4 is 57.6 Å². The number of alkyl carbamates (subject to hydrolysis) is 2. The summed E-state index contributed by atoms with van der Waals surface area (Å²) in [7, 11) is 1.28. The molecule has 362 valence electrons. The number of likely N-dealkylation sites (tertiary alicyclic amines) is 2. The van der Waals surface area contributed by atoms with Gasteiger partial charge in [0, 0.05) is 36.0 Å². The fourth-order valence-corrected chi connectivity index (χ4v) is 10.5. The lowest BCUT2D eigenvalue weighted by atomic mass is 9.81. The van der Waals surface area contributed by atoms with E-state index in [1.807, 2.05) is 30.9 Å². The SMILES string of the molecule is COC(=O)N[C@H](C(=O)N1CCC[C@H]1c1nc2c(ccc3cc(-c4ccc5c(c4)C=CC4N=C([C@@H]6C[C@H](COC(F)F)CN6C(=O)C(NC(=O)OC(C)(C)C)c6ccccc6)CC54)ccc32)[nH]1)C(C)C. The third kappa shape index (κ3) is 9.94. The number of nitrogens with zero attached hydrogens (tertiary/aromatic N) is 4. The van der Waals surface area contributed by atoms with Gasteiger partial charge in [0.15, 0.2) is 0 Å². The molecule has 14 nitrogen and oxygen atoms in total. The van der Waals surface area contributed by atoms with Crippen LogP contribution in [0.3, 0.4) is 0 Å². The molecule has 4 heterocycles. The number of ether oxygens (including phenoxy) is 3. The van der Waals surface area contributed by atoms with Crippen molar-refractivity contribution in [1.29, 1.82) is 0 Å². The third-order valence-electron chi connectivity index (χ3n) is 13.7. The molecule has 1 aromatic heterocycles. The number of benzene rings is 4. The molecule has 2 saturated heterocycles. The van der Waals surface area contributed by atoms with E-state index in [9.17, 15) is 28.0 Å². The second-order valence-electron chi connectivity index (χ2n) is 19.9. The fourth-order valence-electron chi connectivity index (χ4n) is 10.5. The number of amides is 4. The van der Waals surface area contributed by atoms with E-state index in [1.165, 1.54) is 7.11 Å². The molecule has 69 heavy (non-hydrogen) atoms. The lowest BCUT2D eigenvalue weighted by Crippen LogP contribution is -2.51. The monoisotopic (exact) mass is 943 g/mol. The normalized spacial score (nSPS) is 21.9. The number of carbonyl (C=O) groups is 4. The van der Waals surface area contributed by atoms with Gasteiger partial charge in [-0.3, -0.25) is 14.6 Å². The summed E-state index contributed by atoms with van der Waals surface area (Å²) >= 11 is 0. The number of nitrogens with one attached hydrogen (secondary N) is 3. The summed E-state index contributed by atoms with van der Waals surface area (Å²) in [5, 5.41) is 7.50. The van der Waals surface area contributed by atoms with Crippen LogP contribution in [-0.2, 0) is 23.8 Å². The molecule has 4 amide bonds. The van der Waals surface area contributed by atoms with Gasteiger partial charge in [0.1, 0.15) is 23.5 Å². The minimum Gasteiger partial charge on any atom is -0.453 e. The van der Waals surface area contributed by atoms with Crippen LogP contribution in [0.2, 0.25) is 0 Å². The van der Waals surface area contributed by atoms with E-state index in [2.05, 4.69) is 70.2 Å². The van der Waals surface area contributed by atoms with E-state index in [0.717, 1.165) is 62.6 Å². The van der Waals surface area contributed by atoms with Crippen LogP contribution in [0, 0.1) is 11.8 Å². The Morgan fingerprint density at radius 2 is 1.67 bits per heavy atom. The number of H-pyrrole nitrogens is 1. The number of alkyl halides is 2. The summed E-state index contributed by atoms with van der Waals surface area (Å²) in [5.41, 5.74) is 6.57. The highest BCUT2D eigenvalue weighted by atomic mass is 19.3. The van der Waals surface area contributed by atoms with Crippen LogP contribution in [0.4, 0.5) is 18.4 Å². The van der Waals surface area contributed by atoms with Gasteiger partial charge in [-0.15, -0.1) is 0 Å². The lowest BCUT2D eigenvalue weighted by molar-refractivity contribution is -0.139. The molecule has 0 saturated carbocycles. The van der Waals surface area contributed by atoms with Gasteiger partial charge in [-0.1, -0.05) is 86.7 Å². The van der Waals surface area contributed by atoms with Crippen molar-refractivity contribution < 1.29 is 42.2 Å². The van der Waals surface area contributed by atoms with Crippen LogP contribution in [0.5, 0.6) is 0 Å². The maximum absolute atomic E-state index is 14.7. The van der Waals surface area contributed by atoms with Crippen LogP contribution in [0.15, 0.2) is 89.9 Å². The Hall–Kier alpha value is -6.68. The molecule has 3 unspecified atom stereocenters. The Morgan fingerprint density at radius 3 is 2.41 bits per heavy atom. The molecule has 2 fully saturated rings. The lowest BCUT2D eigenvalue weighted by Gasteiger charge is -2.30. The van der Waals surface area contributed by atoms with Crippen LogP contribution in [0.1, 0.15) is 101 Å². The van der Waals surface area contributed by atoms with Crippen molar-refractivity contribution in [3.8, 4) is 11.1 Å². The summed E-state index contributed by atoms with van der Waals surface area (Å²) < 4.78 is 41.7. The number of imidazole rings is 1. The first-order valence-electron chi connectivity index (χ1n) is 23.8. The van der Waals surface area contributed by atoms with E-state index < -0.39 is 42.5 Å². The number of halogens is 2. The number of carbonyl (C=O) groups excluding carboxylic acids is 4. The van der Waals surface area contributed by atoms with Crippen LogP contribution >= 0.6 is 0 Å². The van der Waals surface area contributed by atoms with Gasteiger partial charge in [0.05, 0.1) is 42.9 Å². The smallest absolute Gasteiger partial charge is 0.408 e. The molecule has 0 bridgehead atoms. The molecule has 16 heteroatoms. The summed E-state index contributed by atoms with van der Waals surface area (Å²) in [6, 6.07) is 23.1. The van der Waals surface area contributed by atoms with Crippen molar-refractivity contribution in [2.45, 2.75) is 109 Å². The van der Waals surface area contributed by atoms with Gasteiger partial charge in [-0.05, 0) is 104 Å². The minimum atomic E-state index is -2.94. The molecule has 3 aliphatic heterocycles. The molecule has 7 atom stereocenters. The first-order valence-corrected chi connectivity index (χ1v) is 23.8. The van der Waals surface area contributed by atoms with Gasteiger partial charge >= 0.3 is 18.8 Å². The predicted molar refractivity (Wildman–Crippen MR) is 259 cm³/mol. The number of rotatable bonds is 12. The average Bonchev–Trinajstić information content (AvgIpc) is 4.16. The van der Waals surface area contributed by atoms with Gasteiger partial charge in [-0.2, -0.15) is 8.78 Å². The zero-order valence-corrected chi connectivity index (χ0v) is 39.7. The molecule has 3 N–H and O–H groups in total. The molecular formula is C53H59F2N7O7. The van der Waals surface area contributed by atoms with E-state index in [4.69, 9.17) is 24.2 Å². The molecule has 1 aliphatic carbocycles. The predicted octanol–water partition coefficient (Wildman–Crippen LogP) is 9.47. The Labute approximate surface area is 399 Å². The van der Waals surface area contributed by atoms with E-state index in [-0.39, 0.29) is 54.8 Å². The van der Waals surface area contributed by atoms with Crippen molar-refractivity contribution in [3.05, 3.63) is 107 Å². The van der Waals surface area contributed by atoms with E-state index >= 15 is 0 Å². The Bertz CT molecular complexity index is 2820. The van der Waals surface area contributed by atoms with Crippen LogP contribution < -0.4 is 10.6 Å². The number of methoxy groups -OCH3 is 1. The highest BCUT2D eigenvalue weighted by molar-refractivity contribution is 6.05. The second-order valence-corrected chi connectivity index (χ2v) is 19.9. The van der Waals surface area contributed by atoms with Crippen molar-refractivity contribution in [2.24, 2.45) is 16.8 Å². The molecule has 0 radical (unpaired) electrons. The summed E-state index contributed by atoms with van der Waals surface area (Å²) in [6.07, 6.45) is 5.35. The number of hydrogen-bond donors (Lipinski definition) is 3. The standard InChI is InChI=1S/C53H59F2N7O7/c1-29(2)44(59-51(65)67-6)48(63)61-22-10-13-42(61)47-57-40-21-17-35-25-33(15-19-37(35)46(40)58-47)32-14-18-36-34(24-32)16-20-39-38(36)26-41(56-39)43-23-30(28-68-50(54)55)27-62(43)49(64)45(31-11-8-7-9-12-31)60-52(66)69-53(3,4)5/h7-9,11-12,14-21,24-25,29-30,38-39,42-45,50H,10,13,22-23,26-28H2,1-6H3,(H,57,58)(H,59,65)(H,60,66)/t30-,38?,39?,42-,43-,44-,45?/m0/s1. The topological polar surface area (TPSA) is 168 Å². The van der Waals surface area contributed by atoms with Crippen molar-refractivity contribution in [3.63, 3.8) is 0 Å². The number of aliphatic imine (C=N–C) groups is 1. The highest BCUT2D eigenvalue weighted by Gasteiger charge is 2.45. The Balaban J connectivity index is 0.936. The quantitative estimate of drug-likeness (QED) is 0.111.